The van der Waals surface area contributed by atoms with E-state index in [0.29, 0.717) is 23.6 Å². The van der Waals surface area contributed by atoms with Crippen LogP contribution >= 0.6 is 11.6 Å². The number of primary amides is 1. The smallest absolute Gasteiger partial charge is 0.269 e. The van der Waals surface area contributed by atoms with Crippen molar-refractivity contribution in [3.63, 3.8) is 0 Å². The third kappa shape index (κ3) is 3.85. The van der Waals surface area contributed by atoms with Crippen LogP contribution in [0.3, 0.4) is 0 Å². The number of benzene rings is 2. The van der Waals surface area contributed by atoms with Crippen LogP contribution in [0.2, 0.25) is 5.02 Å². The quantitative estimate of drug-likeness (QED) is 0.506. The largest absolute Gasteiger partial charge is 0.366 e. The Kier molecular flexibility index (Phi) is 5.28. The van der Waals surface area contributed by atoms with Crippen molar-refractivity contribution in [3.8, 4) is 11.3 Å². The number of carbonyl (C=O) groups is 1. The number of amides is 1. The van der Waals surface area contributed by atoms with Gasteiger partial charge in [0, 0.05) is 35.1 Å². The first kappa shape index (κ1) is 18.7. The summed E-state index contributed by atoms with van der Waals surface area (Å²) in [6.45, 7) is 2.43. The molecule has 1 heterocycles. The number of nitro benzene ring substituents is 1. The molecule has 3 aromatic rings. The average molecular weight is 384 g/mol. The number of aryl methyl sites for hydroxylation is 1. The van der Waals surface area contributed by atoms with Gasteiger partial charge >= 0.3 is 0 Å². The van der Waals surface area contributed by atoms with Gasteiger partial charge < -0.3 is 10.3 Å². The molecule has 0 saturated heterocycles. The third-order valence-corrected chi connectivity index (χ3v) is 4.94. The van der Waals surface area contributed by atoms with E-state index in [9.17, 15) is 14.9 Å². The Morgan fingerprint density at radius 1 is 1.19 bits per heavy atom. The van der Waals surface area contributed by atoms with Gasteiger partial charge in [-0.2, -0.15) is 0 Å². The maximum absolute atomic E-state index is 11.8. The van der Waals surface area contributed by atoms with E-state index in [1.54, 1.807) is 18.2 Å². The molecule has 0 aliphatic rings. The lowest BCUT2D eigenvalue weighted by molar-refractivity contribution is -0.384. The van der Waals surface area contributed by atoms with Gasteiger partial charge in [0.2, 0.25) is 0 Å². The monoisotopic (exact) mass is 383 g/mol. The van der Waals surface area contributed by atoms with Gasteiger partial charge in [0.1, 0.15) is 0 Å². The number of aromatic nitrogens is 1. The van der Waals surface area contributed by atoms with Crippen molar-refractivity contribution in [1.82, 2.24) is 4.57 Å². The summed E-state index contributed by atoms with van der Waals surface area (Å²) < 4.78 is 1.99. The summed E-state index contributed by atoms with van der Waals surface area (Å²) in [5.74, 6) is -0.507. The number of carbonyl (C=O) groups excluding carboxylic acids is 1. The second-order valence-electron chi connectivity index (χ2n) is 6.19. The minimum Gasteiger partial charge on any atom is -0.366 e. The fraction of sp³-hybridized carbons (Fsp3) is 0.150. The second kappa shape index (κ2) is 7.63. The summed E-state index contributed by atoms with van der Waals surface area (Å²) >= 11 is 6.24. The molecule has 1 amide bonds. The Labute approximate surface area is 161 Å². The second-order valence-corrected chi connectivity index (χ2v) is 6.60. The molecule has 2 aromatic carbocycles. The zero-order valence-corrected chi connectivity index (χ0v) is 15.4. The molecule has 0 spiro atoms. The fourth-order valence-corrected chi connectivity index (χ4v) is 3.34. The molecule has 138 valence electrons. The Morgan fingerprint density at radius 2 is 1.85 bits per heavy atom. The molecular weight excluding hydrogens is 366 g/mol. The van der Waals surface area contributed by atoms with E-state index in [4.69, 9.17) is 17.3 Å². The van der Waals surface area contributed by atoms with Gasteiger partial charge in [-0.15, -0.1) is 0 Å². The number of nitro groups is 1. The van der Waals surface area contributed by atoms with Crippen molar-refractivity contribution in [1.29, 1.82) is 0 Å². The Bertz CT molecular complexity index is 1010. The number of hydrogen-bond acceptors (Lipinski definition) is 3. The molecule has 0 fully saturated rings. The van der Waals surface area contributed by atoms with Crippen LogP contribution in [0, 0.1) is 17.0 Å². The highest BCUT2D eigenvalue weighted by Crippen LogP contribution is 2.28. The van der Waals surface area contributed by atoms with E-state index in [0.717, 1.165) is 22.5 Å². The van der Waals surface area contributed by atoms with Crippen molar-refractivity contribution in [2.75, 3.05) is 0 Å². The molecule has 27 heavy (non-hydrogen) atoms. The van der Waals surface area contributed by atoms with Crippen LogP contribution < -0.4 is 5.73 Å². The van der Waals surface area contributed by atoms with E-state index in [1.165, 1.54) is 12.1 Å². The third-order valence-electron chi connectivity index (χ3n) is 4.57. The minimum atomic E-state index is -0.507. The van der Waals surface area contributed by atoms with Crippen molar-refractivity contribution in [3.05, 3.63) is 86.6 Å². The molecule has 0 radical (unpaired) electrons. The lowest BCUT2D eigenvalue weighted by Crippen LogP contribution is -2.13. The van der Waals surface area contributed by atoms with Gasteiger partial charge in [-0.25, -0.2) is 0 Å². The summed E-state index contributed by atoms with van der Waals surface area (Å²) in [5, 5.41) is 11.6. The minimum absolute atomic E-state index is 0.0137. The molecule has 1 aromatic heterocycles. The van der Waals surface area contributed by atoms with Gasteiger partial charge in [0.05, 0.1) is 10.5 Å². The number of rotatable bonds is 6. The summed E-state index contributed by atoms with van der Waals surface area (Å²) in [4.78, 5) is 22.2. The Hall–Kier alpha value is -3.12. The maximum Gasteiger partial charge on any atom is 0.269 e. The topological polar surface area (TPSA) is 91.2 Å². The summed E-state index contributed by atoms with van der Waals surface area (Å²) in [6.07, 6.45) is 0.674. The van der Waals surface area contributed by atoms with Crippen molar-refractivity contribution >= 4 is 23.2 Å². The standard InChI is InChI=1S/C20H18ClN3O3/c1-13-17(20(22)25)12-19(15-6-8-16(9-7-15)24(26)27)23(13)11-10-14-4-2-3-5-18(14)21/h2-9,12H,10-11H2,1H3,(H2,22,25). The van der Waals surface area contributed by atoms with Crippen LogP contribution in [0.4, 0.5) is 5.69 Å². The summed E-state index contributed by atoms with van der Waals surface area (Å²) in [7, 11) is 0. The van der Waals surface area contributed by atoms with Crippen LogP contribution in [-0.4, -0.2) is 15.4 Å². The highest BCUT2D eigenvalue weighted by Gasteiger charge is 2.17. The number of halogens is 1. The zero-order chi connectivity index (χ0) is 19.6. The molecule has 6 nitrogen and oxygen atoms in total. The van der Waals surface area contributed by atoms with Gasteiger partial charge in [0.25, 0.3) is 11.6 Å². The highest BCUT2D eigenvalue weighted by molar-refractivity contribution is 6.31. The van der Waals surface area contributed by atoms with Crippen LogP contribution in [0.5, 0.6) is 0 Å². The molecule has 2 N–H and O–H groups in total. The lowest BCUT2D eigenvalue weighted by atomic mass is 10.1. The Balaban J connectivity index is 2.00. The summed E-state index contributed by atoms with van der Waals surface area (Å²) in [5.41, 5.74) is 9.26. The molecule has 0 bridgehead atoms. The van der Waals surface area contributed by atoms with Crippen molar-refractivity contribution < 1.29 is 9.72 Å². The lowest BCUT2D eigenvalue weighted by Gasteiger charge is -2.13. The van der Waals surface area contributed by atoms with Gasteiger partial charge in [-0.1, -0.05) is 29.8 Å². The fourth-order valence-electron chi connectivity index (χ4n) is 3.11. The van der Waals surface area contributed by atoms with E-state index in [1.807, 2.05) is 35.8 Å². The van der Waals surface area contributed by atoms with E-state index < -0.39 is 10.8 Å². The predicted octanol–water partition coefficient (Wildman–Crippen LogP) is 4.37. The van der Waals surface area contributed by atoms with Crippen molar-refractivity contribution in [2.45, 2.75) is 19.9 Å². The Morgan fingerprint density at radius 3 is 2.44 bits per heavy atom. The zero-order valence-electron chi connectivity index (χ0n) is 14.7. The molecular formula is C20H18ClN3O3. The van der Waals surface area contributed by atoms with E-state index in [2.05, 4.69) is 0 Å². The number of non-ortho nitro benzene ring substituents is 1. The average Bonchev–Trinajstić information content (AvgIpc) is 2.98. The van der Waals surface area contributed by atoms with E-state index in [-0.39, 0.29) is 5.69 Å². The first-order valence-electron chi connectivity index (χ1n) is 8.36. The molecule has 0 atom stereocenters. The first-order chi connectivity index (χ1) is 12.9. The number of nitrogens with zero attached hydrogens (tertiary/aromatic N) is 2. The number of nitrogens with two attached hydrogens (primary N) is 1. The molecule has 0 unspecified atom stereocenters. The first-order valence-corrected chi connectivity index (χ1v) is 8.74. The van der Waals surface area contributed by atoms with Crippen molar-refractivity contribution in [2.24, 2.45) is 5.73 Å². The maximum atomic E-state index is 11.8. The SMILES string of the molecule is Cc1c(C(N)=O)cc(-c2ccc([N+](=O)[O-])cc2)n1CCc1ccccc1Cl. The van der Waals surface area contributed by atoms with Gasteiger partial charge in [-0.05, 0) is 48.7 Å². The molecule has 0 saturated carbocycles. The molecule has 0 aliphatic carbocycles. The molecule has 7 heteroatoms. The molecule has 3 rings (SSSR count). The molecule has 0 aliphatic heterocycles. The summed E-state index contributed by atoms with van der Waals surface area (Å²) in [6, 6.07) is 15.6. The van der Waals surface area contributed by atoms with Crippen LogP contribution in [0.25, 0.3) is 11.3 Å². The van der Waals surface area contributed by atoms with Crippen LogP contribution in [0.1, 0.15) is 21.6 Å². The van der Waals surface area contributed by atoms with Gasteiger partial charge in [0.15, 0.2) is 0 Å². The van der Waals surface area contributed by atoms with E-state index >= 15 is 0 Å². The normalized spacial score (nSPS) is 10.7. The number of hydrogen-bond donors (Lipinski definition) is 1. The van der Waals surface area contributed by atoms with Gasteiger partial charge in [-0.3, -0.25) is 14.9 Å². The van der Waals surface area contributed by atoms with Crippen LogP contribution in [-0.2, 0) is 13.0 Å². The highest BCUT2D eigenvalue weighted by atomic mass is 35.5. The predicted molar refractivity (Wildman–Crippen MR) is 105 cm³/mol. The van der Waals surface area contributed by atoms with Crippen LogP contribution in [0.15, 0.2) is 54.6 Å².